The number of nitrogens with one attached hydrogen (secondary N) is 1. The molecule has 116 valence electrons. The molecule has 1 amide bonds. The van der Waals surface area contributed by atoms with Gasteiger partial charge in [0.1, 0.15) is 12.1 Å². The number of hydrogen-bond acceptors (Lipinski definition) is 5. The van der Waals surface area contributed by atoms with Crippen LogP contribution in [-0.2, 0) is 11.2 Å². The Balaban J connectivity index is 1.61. The normalized spacial score (nSPS) is 10.3. The minimum absolute atomic E-state index is 0.130. The van der Waals surface area contributed by atoms with Crippen LogP contribution < -0.4 is 10.1 Å². The molecule has 7 heteroatoms. The molecule has 0 atom stereocenters. The highest BCUT2D eigenvalue weighted by Crippen LogP contribution is 2.12. The van der Waals surface area contributed by atoms with Crippen molar-refractivity contribution in [2.75, 3.05) is 12.4 Å². The fourth-order valence-corrected chi connectivity index (χ4v) is 2.03. The van der Waals surface area contributed by atoms with Gasteiger partial charge in [-0.2, -0.15) is 0 Å². The van der Waals surface area contributed by atoms with Crippen molar-refractivity contribution in [3.8, 4) is 11.7 Å². The highest BCUT2D eigenvalue weighted by Gasteiger charge is 2.06. The monoisotopic (exact) mass is 309 g/mol. The summed E-state index contributed by atoms with van der Waals surface area (Å²) in [6.45, 7) is 0. The molecule has 1 N–H and O–H groups in total. The standard InChI is InChI=1S/C16H15N5O2/c1-23-14-4-2-12(3-5-14)8-15(22)20-13-9-18-16(19-10-13)21-7-6-17-11-21/h2-7,9-11H,8H2,1H3,(H,20,22). The molecule has 3 aromatic rings. The molecule has 0 aliphatic rings. The maximum Gasteiger partial charge on any atom is 0.234 e. The van der Waals surface area contributed by atoms with Gasteiger partial charge in [0.15, 0.2) is 0 Å². The predicted octanol–water partition coefficient (Wildman–Crippen LogP) is 1.85. The lowest BCUT2D eigenvalue weighted by Gasteiger charge is -2.06. The van der Waals surface area contributed by atoms with E-state index >= 15 is 0 Å². The van der Waals surface area contributed by atoms with Crippen LogP contribution in [0.2, 0.25) is 0 Å². The summed E-state index contributed by atoms with van der Waals surface area (Å²) in [7, 11) is 1.61. The van der Waals surface area contributed by atoms with E-state index in [4.69, 9.17) is 4.74 Å². The zero-order chi connectivity index (χ0) is 16.1. The lowest BCUT2D eigenvalue weighted by Crippen LogP contribution is -2.15. The first-order chi connectivity index (χ1) is 11.2. The van der Waals surface area contributed by atoms with E-state index in [0.29, 0.717) is 11.6 Å². The first-order valence-corrected chi connectivity index (χ1v) is 6.98. The summed E-state index contributed by atoms with van der Waals surface area (Å²) in [6.07, 6.45) is 8.40. The first kappa shape index (κ1) is 14.7. The lowest BCUT2D eigenvalue weighted by atomic mass is 10.1. The van der Waals surface area contributed by atoms with Crippen molar-refractivity contribution in [3.05, 3.63) is 60.9 Å². The van der Waals surface area contributed by atoms with E-state index in [9.17, 15) is 4.79 Å². The van der Waals surface area contributed by atoms with Crippen molar-refractivity contribution in [2.45, 2.75) is 6.42 Å². The van der Waals surface area contributed by atoms with Gasteiger partial charge in [-0.3, -0.25) is 9.36 Å². The second kappa shape index (κ2) is 6.69. The van der Waals surface area contributed by atoms with Crippen LogP contribution in [0.4, 0.5) is 5.69 Å². The fraction of sp³-hybridized carbons (Fsp3) is 0.125. The lowest BCUT2D eigenvalue weighted by molar-refractivity contribution is -0.115. The Kier molecular flexibility index (Phi) is 4.28. The number of anilines is 1. The molecular formula is C16H15N5O2. The Bertz CT molecular complexity index is 767. The van der Waals surface area contributed by atoms with Gasteiger partial charge in [0.25, 0.3) is 0 Å². The van der Waals surface area contributed by atoms with Gasteiger partial charge in [0.05, 0.1) is 31.6 Å². The number of carbonyl (C=O) groups excluding carboxylic acids is 1. The number of rotatable bonds is 5. The molecule has 3 rings (SSSR count). The van der Waals surface area contributed by atoms with Crippen LogP contribution in [0.5, 0.6) is 5.75 Å². The number of carbonyl (C=O) groups is 1. The Morgan fingerprint density at radius 1 is 1.22 bits per heavy atom. The van der Waals surface area contributed by atoms with Crippen LogP contribution in [0.1, 0.15) is 5.56 Å². The molecule has 2 heterocycles. The van der Waals surface area contributed by atoms with E-state index in [0.717, 1.165) is 11.3 Å². The van der Waals surface area contributed by atoms with E-state index in [-0.39, 0.29) is 12.3 Å². The Morgan fingerprint density at radius 3 is 2.57 bits per heavy atom. The number of methoxy groups -OCH3 is 1. The quantitative estimate of drug-likeness (QED) is 0.778. The van der Waals surface area contributed by atoms with E-state index in [1.165, 1.54) is 0 Å². The Hall–Kier alpha value is -3.22. The summed E-state index contributed by atoms with van der Waals surface area (Å²) in [4.78, 5) is 24.3. The number of ether oxygens (including phenoxy) is 1. The van der Waals surface area contributed by atoms with Crippen LogP contribution in [0, 0.1) is 0 Å². The average Bonchev–Trinajstić information content (AvgIpc) is 3.11. The molecule has 0 bridgehead atoms. The van der Waals surface area contributed by atoms with Gasteiger partial charge < -0.3 is 10.1 Å². The summed E-state index contributed by atoms with van der Waals surface area (Å²) < 4.78 is 6.77. The summed E-state index contributed by atoms with van der Waals surface area (Å²) >= 11 is 0. The molecule has 23 heavy (non-hydrogen) atoms. The third-order valence-corrected chi connectivity index (χ3v) is 3.18. The number of hydrogen-bond donors (Lipinski definition) is 1. The minimum Gasteiger partial charge on any atom is -0.497 e. The zero-order valence-corrected chi connectivity index (χ0v) is 12.5. The van der Waals surface area contributed by atoms with Crippen LogP contribution in [0.25, 0.3) is 5.95 Å². The van der Waals surface area contributed by atoms with Crippen molar-refractivity contribution < 1.29 is 9.53 Å². The molecule has 0 aliphatic carbocycles. The molecular weight excluding hydrogens is 294 g/mol. The molecule has 0 aliphatic heterocycles. The SMILES string of the molecule is COc1ccc(CC(=O)Nc2cnc(-n3ccnc3)nc2)cc1. The third-order valence-electron chi connectivity index (χ3n) is 3.18. The van der Waals surface area contributed by atoms with Crippen molar-refractivity contribution in [3.63, 3.8) is 0 Å². The van der Waals surface area contributed by atoms with E-state index in [1.807, 2.05) is 24.3 Å². The number of imidazole rings is 1. The number of benzene rings is 1. The topological polar surface area (TPSA) is 81.9 Å². The number of nitrogens with zero attached hydrogens (tertiary/aromatic N) is 4. The summed E-state index contributed by atoms with van der Waals surface area (Å²) in [5, 5.41) is 2.77. The van der Waals surface area contributed by atoms with Gasteiger partial charge in [-0.05, 0) is 17.7 Å². The maximum atomic E-state index is 12.0. The number of amides is 1. The largest absolute Gasteiger partial charge is 0.497 e. The molecule has 0 spiro atoms. The first-order valence-electron chi connectivity index (χ1n) is 6.98. The smallest absolute Gasteiger partial charge is 0.234 e. The minimum atomic E-state index is -0.130. The van der Waals surface area contributed by atoms with Crippen molar-refractivity contribution in [1.29, 1.82) is 0 Å². The maximum absolute atomic E-state index is 12.0. The van der Waals surface area contributed by atoms with Crippen molar-refractivity contribution in [1.82, 2.24) is 19.5 Å². The third kappa shape index (κ3) is 3.70. The predicted molar refractivity (Wildman–Crippen MR) is 84.5 cm³/mol. The second-order valence-electron chi connectivity index (χ2n) is 4.81. The van der Waals surface area contributed by atoms with Crippen LogP contribution in [0.3, 0.4) is 0 Å². The molecule has 0 saturated heterocycles. The van der Waals surface area contributed by atoms with Gasteiger partial charge in [0, 0.05) is 12.4 Å². The van der Waals surface area contributed by atoms with Crippen molar-refractivity contribution >= 4 is 11.6 Å². The van der Waals surface area contributed by atoms with Gasteiger partial charge >= 0.3 is 0 Å². The molecule has 7 nitrogen and oxygen atoms in total. The average molecular weight is 309 g/mol. The second-order valence-corrected chi connectivity index (χ2v) is 4.81. The van der Waals surface area contributed by atoms with Gasteiger partial charge in [-0.15, -0.1) is 0 Å². The van der Waals surface area contributed by atoms with Crippen LogP contribution in [0.15, 0.2) is 55.4 Å². The zero-order valence-electron chi connectivity index (χ0n) is 12.5. The highest BCUT2D eigenvalue weighted by molar-refractivity contribution is 5.91. The Morgan fingerprint density at radius 2 is 1.96 bits per heavy atom. The molecule has 0 radical (unpaired) electrons. The summed E-state index contributed by atoms with van der Waals surface area (Å²) in [5.41, 5.74) is 1.45. The van der Waals surface area contributed by atoms with Gasteiger partial charge in [-0.1, -0.05) is 12.1 Å². The van der Waals surface area contributed by atoms with E-state index < -0.39 is 0 Å². The van der Waals surface area contributed by atoms with E-state index in [2.05, 4.69) is 20.3 Å². The van der Waals surface area contributed by atoms with Crippen LogP contribution in [-0.4, -0.2) is 32.5 Å². The highest BCUT2D eigenvalue weighted by atomic mass is 16.5. The summed E-state index contributed by atoms with van der Waals surface area (Å²) in [5.74, 6) is 1.13. The fourth-order valence-electron chi connectivity index (χ4n) is 2.03. The van der Waals surface area contributed by atoms with Gasteiger partial charge in [0.2, 0.25) is 11.9 Å². The molecule has 2 aromatic heterocycles. The molecule has 0 saturated carbocycles. The number of aromatic nitrogens is 4. The molecule has 1 aromatic carbocycles. The van der Waals surface area contributed by atoms with Crippen LogP contribution >= 0.6 is 0 Å². The van der Waals surface area contributed by atoms with E-state index in [1.54, 1.807) is 42.8 Å². The molecule has 0 unspecified atom stereocenters. The molecule has 0 fully saturated rings. The van der Waals surface area contributed by atoms with Crippen molar-refractivity contribution in [2.24, 2.45) is 0 Å². The van der Waals surface area contributed by atoms with Gasteiger partial charge in [-0.25, -0.2) is 15.0 Å². The summed E-state index contributed by atoms with van der Waals surface area (Å²) in [6, 6.07) is 7.37. The Labute approximate surface area is 133 Å².